The molecule has 0 radical (unpaired) electrons. The van der Waals surface area contributed by atoms with E-state index < -0.39 is 0 Å². The second kappa shape index (κ2) is 5.95. The summed E-state index contributed by atoms with van der Waals surface area (Å²) in [6.45, 7) is 6.63. The number of aryl methyl sites for hydroxylation is 3. The molecule has 0 saturated carbocycles. The number of anilines is 1. The van der Waals surface area contributed by atoms with Crippen molar-refractivity contribution in [2.24, 2.45) is 7.05 Å². The van der Waals surface area contributed by atoms with E-state index in [9.17, 15) is 4.79 Å². The molecule has 106 valence electrons. The maximum absolute atomic E-state index is 12.8. The number of aromatic nitrogens is 2. The number of halogens is 1. The van der Waals surface area contributed by atoms with Gasteiger partial charge in [0.2, 0.25) is 0 Å². The van der Waals surface area contributed by atoms with Crippen molar-refractivity contribution in [3.8, 4) is 0 Å². The monoisotopic (exact) mass is 383 g/mol. The van der Waals surface area contributed by atoms with E-state index in [1.54, 1.807) is 15.8 Å². The predicted molar refractivity (Wildman–Crippen MR) is 89.2 cm³/mol. The minimum Gasteiger partial charge on any atom is -0.306 e. The van der Waals surface area contributed by atoms with Gasteiger partial charge in [-0.3, -0.25) is 9.48 Å². The quantitative estimate of drug-likeness (QED) is 0.763. The number of hydrogen-bond donors (Lipinski definition) is 0. The number of hydrogen-bond acceptors (Lipinski definition) is 2. The van der Waals surface area contributed by atoms with Crippen LogP contribution >= 0.6 is 22.6 Å². The summed E-state index contributed by atoms with van der Waals surface area (Å²) in [5.41, 5.74) is 3.79. The fourth-order valence-electron chi connectivity index (χ4n) is 2.19. The van der Waals surface area contributed by atoms with Crippen LogP contribution in [0, 0.1) is 17.4 Å². The lowest BCUT2D eigenvalue weighted by atomic mass is 10.0. The Hall–Kier alpha value is -1.37. The summed E-state index contributed by atoms with van der Waals surface area (Å²) in [6, 6.07) is 4.03. The minimum absolute atomic E-state index is 0.0240. The van der Waals surface area contributed by atoms with Crippen LogP contribution in [0.4, 0.5) is 5.69 Å². The molecule has 0 aliphatic carbocycles. The van der Waals surface area contributed by atoms with Gasteiger partial charge in [0.1, 0.15) is 0 Å². The van der Waals surface area contributed by atoms with Crippen LogP contribution in [0.1, 0.15) is 28.4 Å². The highest BCUT2D eigenvalue weighted by Crippen LogP contribution is 2.22. The van der Waals surface area contributed by atoms with E-state index in [1.807, 2.05) is 33.2 Å². The topological polar surface area (TPSA) is 38.1 Å². The number of nitrogens with zero attached hydrogens (tertiary/aromatic N) is 3. The van der Waals surface area contributed by atoms with E-state index >= 15 is 0 Å². The van der Waals surface area contributed by atoms with Crippen molar-refractivity contribution in [3.63, 3.8) is 0 Å². The lowest BCUT2D eigenvalue weighted by Gasteiger charge is -2.20. The zero-order valence-electron chi connectivity index (χ0n) is 12.1. The predicted octanol–water partition coefficient (Wildman–Crippen LogP) is 3.31. The molecule has 0 bridgehead atoms. The zero-order valence-corrected chi connectivity index (χ0v) is 14.3. The molecule has 2 aromatic rings. The van der Waals surface area contributed by atoms with E-state index in [-0.39, 0.29) is 5.91 Å². The molecule has 1 heterocycles. The number of amides is 1. The van der Waals surface area contributed by atoms with Crippen LogP contribution in [0.3, 0.4) is 0 Å². The van der Waals surface area contributed by atoms with E-state index in [1.165, 1.54) is 5.56 Å². The van der Waals surface area contributed by atoms with Crippen LogP contribution in [-0.2, 0) is 7.05 Å². The molecule has 0 N–H and O–H groups in total. The van der Waals surface area contributed by atoms with Crippen molar-refractivity contribution in [2.75, 3.05) is 11.4 Å². The van der Waals surface area contributed by atoms with Gasteiger partial charge in [-0.05, 0) is 60.6 Å². The van der Waals surface area contributed by atoms with Crippen LogP contribution in [0.5, 0.6) is 0 Å². The molecule has 2 rings (SSSR count). The summed E-state index contributed by atoms with van der Waals surface area (Å²) < 4.78 is 2.82. The average molecular weight is 383 g/mol. The van der Waals surface area contributed by atoms with E-state index in [0.29, 0.717) is 6.54 Å². The summed E-state index contributed by atoms with van der Waals surface area (Å²) in [7, 11) is 1.85. The third-order valence-electron chi connectivity index (χ3n) is 3.30. The first-order chi connectivity index (χ1) is 9.43. The first-order valence-corrected chi connectivity index (χ1v) is 7.59. The molecular formula is C15H18IN3O. The maximum atomic E-state index is 12.8. The highest BCUT2D eigenvalue weighted by molar-refractivity contribution is 14.1. The van der Waals surface area contributed by atoms with Crippen LogP contribution in [0.25, 0.3) is 0 Å². The van der Waals surface area contributed by atoms with Crippen molar-refractivity contribution in [2.45, 2.75) is 20.8 Å². The second-order valence-electron chi connectivity index (χ2n) is 4.84. The highest BCUT2D eigenvalue weighted by Gasteiger charge is 2.19. The molecule has 1 aromatic carbocycles. The summed E-state index contributed by atoms with van der Waals surface area (Å²) in [5, 5.41) is 4.14. The summed E-state index contributed by atoms with van der Waals surface area (Å²) in [5.74, 6) is 0.0240. The fourth-order valence-corrected chi connectivity index (χ4v) is 2.66. The lowest BCUT2D eigenvalue weighted by molar-refractivity contribution is 0.0987. The molecule has 1 aromatic heterocycles. The fraction of sp³-hybridized carbons (Fsp3) is 0.333. The number of benzene rings is 1. The van der Waals surface area contributed by atoms with Gasteiger partial charge in [-0.15, -0.1) is 0 Å². The van der Waals surface area contributed by atoms with Gasteiger partial charge in [0, 0.05) is 28.9 Å². The van der Waals surface area contributed by atoms with Crippen LogP contribution in [0.2, 0.25) is 0 Å². The number of carbonyl (C=O) groups is 1. The molecule has 4 nitrogen and oxygen atoms in total. The summed E-state index contributed by atoms with van der Waals surface area (Å²) >= 11 is 2.27. The Balaban J connectivity index is 2.41. The van der Waals surface area contributed by atoms with Crippen LogP contribution < -0.4 is 4.90 Å². The first kappa shape index (κ1) is 15.0. The SMILES string of the molecule is CCN(C(=O)c1cc(I)c(C)cc1C)c1cnn(C)c1. The molecule has 0 aliphatic rings. The van der Waals surface area contributed by atoms with Crippen LogP contribution in [-0.4, -0.2) is 22.2 Å². The molecule has 0 fully saturated rings. The van der Waals surface area contributed by atoms with Gasteiger partial charge in [-0.25, -0.2) is 0 Å². The van der Waals surface area contributed by atoms with Crippen LogP contribution in [0.15, 0.2) is 24.5 Å². The van der Waals surface area contributed by atoms with Gasteiger partial charge < -0.3 is 4.90 Å². The Morgan fingerprint density at radius 1 is 1.35 bits per heavy atom. The Kier molecular flexibility index (Phi) is 4.47. The van der Waals surface area contributed by atoms with Gasteiger partial charge in [-0.2, -0.15) is 5.10 Å². The standard InChI is InChI=1S/C15H18IN3O/c1-5-19(12-8-17-18(4)9-12)15(20)13-7-14(16)11(3)6-10(13)2/h6-9H,5H2,1-4H3. The van der Waals surface area contributed by atoms with Crippen molar-refractivity contribution in [3.05, 3.63) is 44.8 Å². The Labute approximate surface area is 132 Å². The van der Waals surface area contributed by atoms with Gasteiger partial charge in [-0.1, -0.05) is 6.07 Å². The minimum atomic E-state index is 0.0240. The number of rotatable bonds is 3. The molecule has 0 saturated heterocycles. The largest absolute Gasteiger partial charge is 0.306 e. The molecule has 0 spiro atoms. The summed E-state index contributed by atoms with van der Waals surface area (Å²) in [4.78, 5) is 14.5. The smallest absolute Gasteiger partial charge is 0.258 e. The van der Waals surface area contributed by atoms with Gasteiger partial charge in [0.05, 0.1) is 11.9 Å². The number of carbonyl (C=O) groups excluding carboxylic acids is 1. The Morgan fingerprint density at radius 2 is 2.05 bits per heavy atom. The van der Waals surface area contributed by atoms with Crippen molar-refractivity contribution >= 4 is 34.2 Å². The molecule has 20 heavy (non-hydrogen) atoms. The highest BCUT2D eigenvalue weighted by atomic mass is 127. The maximum Gasteiger partial charge on any atom is 0.258 e. The second-order valence-corrected chi connectivity index (χ2v) is 6.00. The molecular weight excluding hydrogens is 365 g/mol. The molecule has 0 unspecified atom stereocenters. The Bertz CT molecular complexity index is 649. The molecule has 0 aliphatic heterocycles. The van der Waals surface area contributed by atoms with E-state index in [4.69, 9.17) is 0 Å². The average Bonchev–Trinajstić information content (AvgIpc) is 2.81. The molecule has 1 amide bonds. The molecule has 5 heteroatoms. The van der Waals surface area contributed by atoms with Crippen molar-refractivity contribution in [1.82, 2.24) is 9.78 Å². The third kappa shape index (κ3) is 2.87. The first-order valence-electron chi connectivity index (χ1n) is 6.51. The summed E-state index contributed by atoms with van der Waals surface area (Å²) in [6.07, 6.45) is 3.58. The van der Waals surface area contributed by atoms with E-state index in [0.717, 1.165) is 20.4 Å². The normalized spacial score (nSPS) is 10.7. The van der Waals surface area contributed by atoms with Gasteiger partial charge in [0.15, 0.2) is 0 Å². The Morgan fingerprint density at radius 3 is 2.60 bits per heavy atom. The van der Waals surface area contributed by atoms with Crippen molar-refractivity contribution in [1.29, 1.82) is 0 Å². The lowest BCUT2D eigenvalue weighted by Crippen LogP contribution is -2.31. The molecule has 0 atom stereocenters. The zero-order chi connectivity index (χ0) is 14.9. The third-order valence-corrected chi connectivity index (χ3v) is 4.46. The van der Waals surface area contributed by atoms with Gasteiger partial charge >= 0.3 is 0 Å². The van der Waals surface area contributed by atoms with Gasteiger partial charge in [0.25, 0.3) is 5.91 Å². The van der Waals surface area contributed by atoms with E-state index in [2.05, 4.69) is 40.7 Å². The van der Waals surface area contributed by atoms with Crippen molar-refractivity contribution < 1.29 is 4.79 Å².